The molecule has 0 fully saturated rings. The molecule has 23 heavy (non-hydrogen) atoms. The molecule has 0 saturated carbocycles. The molecule has 2 aromatic carbocycles. The molecule has 5 heteroatoms. The number of hydrogen-bond donors (Lipinski definition) is 1. The first-order chi connectivity index (χ1) is 11.1. The highest BCUT2D eigenvalue weighted by molar-refractivity contribution is 6.30. The van der Waals surface area contributed by atoms with Crippen molar-refractivity contribution in [3.8, 4) is 11.8 Å². The number of benzene rings is 2. The van der Waals surface area contributed by atoms with E-state index in [4.69, 9.17) is 16.3 Å². The molecule has 1 amide bonds. The van der Waals surface area contributed by atoms with Gasteiger partial charge in [0.25, 0.3) is 5.91 Å². The summed E-state index contributed by atoms with van der Waals surface area (Å²) in [5, 5.41) is 12.4. The average molecular weight is 327 g/mol. The topological polar surface area (TPSA) is 62.1 Å². The maximum Gasteiger partial charge on any atom is 0.266 e. The van der Waals surface area contributed by atoms with Crippen molar-refractivity contribution in [2.75, 3.05) is 11.9 Å². The van der Waals surface area contributed by atoms with Gasteiger partial charge in [-0.1, -0.05) is 23.7 Å². The lowest BCUT2D eigenvalue weighted by Crippen LogP contribution is -2.13. The summed E-state index contributed by atoms with van der Waals surface area (Å²) in [4.78, 5) is 12.2. The monoisotopic (exact) mass is 326 g/mol. The van der Waals surface area contributed by atoms with E-state index >= 15 is 0 Å². The third kappa shape index (κ3) is 4.87. The van der Waals surface area contributed by atoms with Gasteiger partial charge >= 0.3 is 0 Å². The minimum absolute atomic E-state index is 0.00107. The van der Waals surface area contributed by atoms with Crippen molar-refractivity contribution in [3.63, 3.8) is 0 Å². The number of nitriles is 1. The number of amides is 1. The maximum absolute atomic E-state index is 12.2. The summed E-state index contributed by atoms with van der Waals surface area (Å²) < 4.78 is 5.34. The van der Waals surface area contributed by atoms with Crippen molar-refractivity contribution in [1.82, 2.24) is 0 Å². The lowest BCUT2D eigenvalue weighted by molar-refractivity contribution is -0.112. The molecular formula is C18H15ClN2O2. The van der Waals surface area contributed by atoms with Gasteiger partial charge in [0.1, 0.15) is 17.4 Å². The van der Waals surface area contributed by atoms with E-state index in [0.29, 0.717) is 22.9 Å². The van der Waals surface area contributed by atoms with Gasteiger partial charge in [-0.15, -0.1) is 0 Å². The van der Waals surface area contributed by atoms with Crippen LogP contribution < -0.4 is 10.1 Å². The number of nitrogens with zero attached hydrogens (tertiary/aromatic N) is 1. The molecule has 0 unspecified atom stereocenters. The van der Waals surface area contributed by atoms with Crippen molar-refractivity contribution in [2.24, 2.45) is 0 Å². The Morgan fingerprint density at radius 3 is 2.65 bits per heavy atom. The lowest BCUT2D eigenvalue weighted by atomic mass is 10.1. The molecule has 0 saturated heterocycles. The molecule has 0 heterocycles. The lowest BCUT2D eigenvalue weighted by Gasteiger charge is -2.06. The minimum atomic E-state index is -0.475. The van der Waals surface area contributed by atoms with Gasteiger partial charge in [0.05, 0.1) is 6.61 Å². The summed E-state index contributed by atoms with van der Waals surface area (Å²) in [7, 11) is 0. The Morgan fingerprint density at radius 1 is 1.30 bits per heavy atom. The average Bonchev–Trinajstić information content (AvgIpc) is 2.54. The minimum Gasteiger partial charge on any atom is -0.494 e. The first kappa shape index (κ1) is 16.6. The van der Waals surface area contributed by atoms with Crippen LogP contribution in [0.4, 0.5) is 5.69 Å². The van der Waals surface area contributed by atoms with Gasteiger partial charge in [0, 0.05) is 10.7 Å². The standard InChI is InChI=1S/C18H15ClN2O2/c1-2-23-17-8-6-16(7-9-17)21-18(22)14(12-20)10-13-4-3-5-15(19)11-13/h3-11H,2H2,1H3,(H,21,22)/b14-10-. The summed E-state index contributed by atoms with van der Waals surface area (Å²) >= 11 is 5.90. The molecule has 1 N–H and O–H groups in total. The van der Waals surface area contributed by atoms with Crippen molar-refractivity contribution in [3.05, 3.63) is 64.7 Å². The van der Waals surface area contributed by atoms with E-state index < -0.39 is 5.91 Å². The first-order valence-corrected chi connectivity index (χ1v) is 7.41. The molecule has 2 aromatic rings. The van der Waals surface area contributed by atoms with E-state index in [-0.39, 0.29) is 5.57 Å². The van der Waals surface area contributed by atoms with Crippen LogP contribution in [0.5, 0.6) is 5.75 Å². The third-order valence-electron chi connectivity index (χ3n) is 2.95. The Hall–Kier alpha value is -2.77. The van der Waals surface area contributed by atoms with E-state index in [9.17, 15) is 10.1 Å². The largest absolute Gasteiger partial charge is 0.494 e. The highest BCUT2D eigenvalue weighted by atomic mass is 35.5. The fourth-order valence-corrected chi connectivity index (χ4v) is 2.11. The van der Waals surface area contributed by atoms with E-state index in [2.05, 4.69) is 5.32 Å². The highest BCUT2D eigenvalue weighted by Gasteiger charge is 2.09. The molecule has 0 aromatic heterocycles. The zero-order valence-corrected chi connectivity index (χ0v) is 13.3. The van der Waals surface area contributed by atoms with Gasteiger partial charge in [-0.25, -0.2) is 0 Å². The fourth-order valence-electron chi connectivity index (χ4n) is 1.91. The van der Waals surface area contributed by atoms with Gasteiger partial charge in [-0.3, -0.25) is 4.79 Å². The predicted octanol–water partition coefficient (Wildman–Crippen LogP) is 4.28. The van der Waals surface area contributed by atoms with Crippen LogP contribution in [0.15, 0.2) is 54.1 Å². The number of ether oxygens (including phenoxy) is 1. The first-order valence-electron chi connectivity index (χ1n) is 7.04. The van der Waals surface area contributed by atoms with Gasteiger partial charge in [0.2, 0.25) is 0 Å². The van der Waals surface area contributed by atoms with Crippen molar-refractivity contribution in [1.29, 1.82) is 5.26 Å². The maximum atomic E-state index is 12.2. The Morgan fingerprint density at radius 2 is 2.04 bits per heavy atom. The zero-order valence-electron chi connectivity index (χ0n) is 12.5. The van der Waals surface area contributed by atoms with Crippen LogP contribution in [0.25, 0.3) is 6.08 Å². The van der Waals surface area contributed by atoms with Crippen molar-refractivity contribution < 1.29 is 9.53 Å². The molecule has 0 atom stereocenters. The zero-order chi connectivity index (χ0) is 16.7. The normalized spacial score (nSPS) is 10.7. The molecule has 0 bridgehead atoms. The van der Waals surface area contributed by atoms with Crippen LogP contribution >= 0.6 is 11.6 Å². The number of anilines is 1. The molecule has 0 aliphatic carbocycles. The second-order valence-electron chi connectivity index (χ2n) is 4.64. The highest BCUT2D eigenvalue weighted by Crippen LogP contribution is 2.17. The number of rotatable bonds is 5. The molecule has 4 nitrogen and oxygen atoms in total. The van der Waals surface area contributed by atoms with Crippen molar-refractivity contribution >= 4 is 29.3 Å². The molecule has 0 spiro atoms. The summed E-state index contributed by atoms with van der Waals surface area (Å²) in [6, 6.07) is 15.8. The quantitative estimate of drug-likeness (QED) is 0.658. The number of hydrogen-bond acceptors (Lipinski definition) is 3. The second-order valence-corrected chi connectivity index (χ2v) is 5.07. The van der Waals surface area contributed by atoms with Crippen molar-refractivity contribution in [2.45, 2.75) is 6.92 Å². The van der Waals surface area contributed by atoms with E-state index in [1.54, 1.807) is 48.5 Å². The van der Waals surface area contributed by atoms with Gasteiger partial charge in [0.15, 0.2) is 0 Å². The second kappa shape index (κ2) is 8.02. The molecular weight excluding hydrogens is 312 g/mol. The molecule has 0 aliphatic rings. The molecule has 0 radical (unpaired) electrons. The molecule has 2 rings (SSSR count). The van der Waals surface area contributed by atoms with E-state index in [0.717, 1.165) is 5.75 Å². The van der Waals surface area contributed by atoms with Crippen LogP contribution in [0.1, 0.15) is 12.5 Å². The molecule has 116 valence electrons. The third-order valence-corrected chi connectivity index (χ3v) is 3.18. The van der Waals surface area contributed by atoms with Crippen LogP contribution in [0.2, 0.25) is 5.02 Å². The Balaban J connectivity index is 2.12. The van der Waals surface area contributed by atoms with Crippen LogP contribution in [-0.4, -0.2) is 12.5 Å². The van der Waals surface area contributed by atoms with Gasteiger partial charge in [-0.05, 0) is 55.0 Å². The van der Waals surface area contributed by atoms with Crippen LogP contribution in [0.3, 0.4) is 0 Å². The van der Waals surface area contributed by atoms with Crippen LogP contribution in [0, 0.1) is 11.3 Å². The Bertz CT molecular complexity index is 761. The summed E-state index contributed by atoms with van der Waals surface area (Å²) in [6.45, 7) is 2.47. The number of halogens is 1. The number of carbonyl (C=O) groups is 1. The summed E-state index contributed by atoms with van der Waals surface area (Å²) in [5.41, 5.74) is 1.28. The summed E-state index contributed by atoms with van der Waals surface area (Å²) in [6.07, 6.45) is 1.50. The smallest absolute Gasteiger partial charge is 0.266 e. The number of nitrogens with one attached hydrogen (secondary N) is 1. The summed E-state index contributed by atoms with van der Waals surface area (Å²) in [5.74, 6) is 0.247. The molecule has 0 aliphatic heterocycles. The Kier molecular flexibility index (Phi) is 5.79. The SMILES string of the molecule is CCOc1ccc(NC(=O)/C(C#N)=C\c2cccc(Cl)c2)cc1. The Labute approximate surface area is 140 Å². The number of carbonyl (C=O) groups excluding carboxylic acids is 1. The van der Waals surface area contributed by atoms with E-state index in [1.807, 2.05) is 13.0 Å². The van der Waals surface area contributed by atoms with Crippen LogP contribution in [-0.2, 0) is 4.79 Å². The predicted molar refractivity (Wildman–Crippen MR) is 91.3 cm³/mol. The fraction of sp³-hybridized carbons (Fsp3) is 0.111. The van der Waals surface area contributed by atoms with Gasteiger partial charge in [-0.2, -0.15) is 5.26 Å². The van der Waals surface area contributed by atoms with E-state index in [1.165, 1.54) is 6.08 Å². The van der Waals surface area contributed by atoms with Gasteiger partial charge < -0.3 is 10.1 Å².